The van der Waals surface area contributed by atoms with E-state index in [0.717, 1.165) is 21.9 Å². The predicted molar refractivity (Wildman–Crippen MR) is 285 cm³/mol. The highest BCUT2D eigenvalue weighted by molar-refractivity contribution is 7.25. The summed E-state index contributed by atoms with van der Waals surface area (Å²) in [5.74, 6) is 0. The Hall–Kier alpha value is -8.30. The highest BCUT2D eigenvalue weighted by Crippen LogP contribution is 2.51. The van der Waals surface area contributed by atoms with Gasteiger partial charge in [-0.25, -0.2) is 0 Å². The lowest BCUT2D eigenvalue weighted by molar-refractivity contribution is 0.669. The fourth-order valence-electron chi connectivity index (χ4n) is 11.6. The van der Waals surface area contributed by atoms with Crippen LogP contribution >= 0.6 is 11.3 Å². The van der Waals surface area contributed by atoms with E-state index in [1.165, 1.54) is 129 Å². The minimum atomic E-state index is 0.908. The van der Waals surface area contributed by atoms with Crippen molar-refractivity contribution in [3.8, 4) is 33.4 Å². The lowest BCUT2D eigenvalue weighted by Gasteiger charge is -2.22. The van der Waals surface area contributed by atoms with Crippen molar-refractivity contribution >= 4 is 129 Å². The summed E-state index contributed by atoms with van der Waals surface area (Å²) >= 11 is 1.90. The van der Waals surface area contributed by atoms with Crippen molar-refractivity contribution in [3.63, 3.8) is 0 Å². The Morgan fingerprint density at radius 2 is 0.561 bits per heavy atom. The van der Waals surface area contributed by atoms with Crippen molar-refractivity contribution in [2.75, 3.05) is 0 Å². The molecule has 0 aliphatic rings. The van der Waals surface area contributed by atoms with Crippen LogP contribution in [0.3, 0.4) is 0 Å². The average molecular weight is 853 g/mol. The normalized spacial score (nSPS) is 12.2. The summed E-state index contributed by atoms with van der Waals surface area (Å²) < 4.78 is 8.92. The SMILES string of the molecule is c1ccc2c(c1)oc1ccc(-c3c4ccccc4c(-c4c5ccccc5c(-c5ccc6sc7cc8c9ccccc9c9ccccc9c8cc7c6c5)c5ccccc45)c4ccccc34)cc12. The lowest BCUT2D eigenvalue weighted by Crippen LogP contribution is -1.94. The van der Waals surface area contributed by atoms with Crippen LogP contribution in [0.5, 0.6) is 0 Å². The maximum absolute atomic E-state index is 6.30. The van der Waals surface area contributed by atoms with Crippen LogP contribution in [0.25, 0.3) is 151 Å². The monoisotopic (exact) mass is 852 g/mol. The quantitative estimate of drug-likeness (QED) is 0.127. The van der Waals surface area contributed by atoms with Gasteiger partial charge in [-0.3, -0.25) is 0 Å². The van der Waals surface area contributed by atoms with Crippen LogP contribution in [0.4, 0.5) is 0 Å². The van der Waals surface area contributed by atoms with Crippen molar-refractivity contribution in [1.82, 2.24) is 0 Å². The Kier molecular flexibility index (Phi) is 7.44. The van der Waals surface area contributed by atoms with Gasteiger partial charge in [-0.05, 0) is 151 Å². The predicted octanol–water partition coefficient (Wildman–Crippen LogP) is 19.0. The van der Waals surface area contributed by atoms with Gasteiger partial charge < -0.3 is 4.42 Å². The summed E-state index contributed by atoms with van der Waals surface area (Å²) in [6.45, 7) is 0. The van der Waals surface area contributed by atoms with Crippen LogP contribution in [0.15, 0.2) is 223 Å². The van der Waals surface area contributed by atoms with E-state index in [4.69, 9.17) is 4.42 Å². The van der Waals surface area contributed by atoms with Crippen LogP contribution in [-0.2, 0) is 0 Å². The maximum atomic E-state index is 6.30. The minimum Gasteiger partial charge on any atom is -0.456 e. The topological polar surface area (TPSA) is 13.1 Å². The molecular formula is C64H36OS. The summed E-state index contributed by atoms with van der Waals surface area (Å²) in [7, 11) is 0. The van der Waals surface area contributed by atoms with Gasteiger partial charge in [0.05, 0.1) is 0 Å². The molecule has 0 fully saturated rings. The maximum Gasteiger partial charge on any atom is 0.135 e. The first-order chi connectivity index (χ1) is 32.7. The summed E-state index contributed by atoms with van der Waals surface area (Å²) in [4.78, 5) is 0. The Bertz CT molecular complexity index is 4470. The highest BCUT2D eigenvalue weighted by atomic mass is 32.1. The molecule has 0 spiro atoms. The van der Waals surface area contributed by atoms with Crippen molar-refractivity contribution < 1.29 is 4.42 Å². The second kappa shape index (κ2) is 13.6. The molecule has 66 heavy (non-hydrogen) atoms. The molecule has 0 atom stereocenters. The van der Waals surface area contributed by atoms with Gasteiger partial charge in [0, 0.05) is 30.9 Å². The second-order valence-corrected chi connectivity index (χ2v) is 18.9. The molecule has 2 aromatic heterocycles. The Morgan fingerprint density at radius 1 is 0.212 bits per heavy atom. The van der Waals surface area contributed by atoms with Gasteiger partial charge in [-0.15, -0.1) is 11.3 Å². The summed E-state index contributed by atoms with van der Waals surface area (Å²) in [5, 5.41) is 22.7. The third kappa shape index (κ3) is 4.99. The number of benzene rings is 13. The van der Waals surface area contributed by atoms with Gasteiger partial charge in [-0.2, -0.15) is 0 Å². The first kappa shape index (κ1) is 36.1. The van der Waals surface area contributed by atoms with E-state index in [9.17, 15) is 0 Å². The molecule has 2 heterocycles. The fourth-order valence-corrected chi connectivity index (χ4v) is 12.7. The van der Waals surface area contributed by atoms with Crippen LogP contribution in [0, 0.1) is 0 Å². The molecule has 0 saturated heterocycles. The van der Waals surface area contributed by atoms with E-state index in [0.29, 0.717) is 0 Å². The minimum absolute atomic E-state index is 0.908. The van der Waals surface area contributed by atoms with E-state index >= 15 is 0 Å². The third-order valence-corrected chi connectivity index (χ3v) is 15.5. The highest BCUT2D eigenvalue weighted by Gasteiger charge is 2.23. The van der Waals surface area contributed by atoms with Crippen LogP contribution in [0.1, 0.15) is 0 Å². The molecule has 0 radical (unpaired) electrons. The zero-order valence-corrected chi connectivity index (χ0v) is 36.4. The molecule has 0 aliphatic carbocycles. The third-order valence-electron chi connectivity index (χ3n) is 14.4. The average Bonchev–Trinajstić information content (AvgIpc) is 3.94. The molecule has 15 aromatic rings. The Labute approximate surface area is 383 Å². The molecule has 0 amide bonds. The number of hydrogen-bond acceptors (Lipinski definition) is 2. The molecule has 0 bridgehead atoms. The van der Waals surface area contributed by atoms with Crippen molar-refractivity contribution in [3.05, 3.63) is 218 Å². The van der Waals surface area contributed by atoms with Gasteiger partial charge in [-0.1, -0.05) is 176 Å². The fraction of sp³-hybridized carbons (Fsp3) is 0. The zero-order chi connectivity index (χ0) is 43.0. The molecule has 15 rings (SSSR count). The van der Waals surface area contributed by atoms with Crippen molar-refractivity contribution in [2.45, 2.75) is 0 Å². The summed E-state index contributed by atoms with van der Waals surface area (Å²) in [6.07, 6.45) is 0. The number of thiophene rings is 1. The van der Waals surface area contributed by atoms with Gasteiger partial charge in [0.1, 0.15) is 11.2 Å². The Morgan fingerprint density at radius 3 is 1.06 bits per heavy atom. The summed E-state index contributed by atoms with van der Waals surface area (Å²) in [5.41, 5.74) is 9.29. The molecule has 0 aliphatic heterocycles. The zero-order valence-electron chi connectivity index (χ0n) is 35.6. The van der Waals surface area contributed by atoms with Crippen LogP contribution in [-0.4, -0.2) is 0 Å². The second-order valence-electron chi connectivity index (χ2n) is 17.8. The van der Waals surface area contributed by atoms with Crippen LogP contribution < -0.4 is 0 Å². The molecule has 0 saturated carbocycles. The number of hydrogen-bond donors (Lipinski definition) is 0. The number of furan rings is 1. The largest absolute Gasteiger partial charge is 0.456 e. The molecule has 1 nitrogen and oxygen atoms in total. The molecule has 13 aromatic carbocycles. The van der Waals surface area contributed by atoms with Crippen LogP contribution in [0.2, 0.25) is 0 Å². The standard InChI is InChI=1S/C64H36OS/c1-3-17-41-39(15-1)40-16-2-4-18-42(40)53-36-60-56(35-52(41)53)55-34-38(30-32-59(55)66-60)62-46-22-7-11-26-50(46)64(51-27-12-8-23-47(51)62)63-48-24-9-5-20-44(48)61(45-21-6-10-25-49(45)63)37-29-31-58-54(33-37)43-19-13-14-28-57(43)65-58/h1-36H. The van der Waals surface area contributed by atoms with Gasteiger partial charge in [0.25, 0.3) is 0 Å². The first-order valence-corrected chi connectivity index (χ1v) is 23.6. The van der Waals surface area contributed by atoms with E-state index in [2.05, 4.69) is 212 Å². The van der Waals surface area contributed by atoms with Crippen molar-refractivity contribution in [1.29, 1.82) is 0 Å². The summed E-state index contributed by atoms with van der Waals surface area (Å²) in [6, 6.07) is 81.2. The smallest absolute Gasteiger partial charge is 0.135 e. The molecule has 0 N–H and O–H groups in total. The van der Waals surface area contributed by atoms with Gasteiger partial charge >= 0.3 is 0 Å². The number of rotatable bonds is 3. The van der Waals surface area contributed by atoms with E-state index in [1.54, 1.807) is 0 Å². The number of para-hydroxylation sites is 1. The number of fused-ring (bicyclic) bond motifs is 16. The Balaban J connectivity index is 0.999. The molecular weight excluding hydrogens is 817 g/mol. The first-order valence-electron chi connectivity index (χ1n) is 22.7. The molecule has 2 heteroatoms. The molecule has 0 unspecified atom stereocenters. The van der Waals surface area contributed by atoms with E-state index in [1.807, 2.05) is 17.4 Å². The van der Waals surface area contributed by atoms with Gasteiger partial charge in [0.2, 0.25) is 0 Å². The van der Waals surface area contributed by atoms with Crippen molar-refractivity contribution in [2.24, 2.45) is 0 Å². The van der Waals surface area contributed by atoms with E-state index in [-0.39, 0.29) is 0 Å². The van der Waals surface area contributed by atoms with Gasteiger partial charge in [0.15, 0.2) is 0 Å². The molecule has 304 valence electrons. The van der Waals surface area contributed by atoms with E-state index < -0.39 is 0 Å². The lowest BCUT2D eigenvalue weighted by atomic mass is 9.81.